The molecule has 0 fully saturated rings. The van der Waals surface area contributed by atoms with Crippen molar-refractivity contribution in [2.45, 2.75) is 46.3 Å². The first-order valence-corrected chi connectivity index (χ1v) is 14.1. The number of pyridine rings is 4. The zero-order valence-electron chi connectivity index (χ0n) is 24.4. The lowest BCUT2D eigenvalue weighted by Crippen LogP contribution is -2.36. The fourth-order valence-corrected chi connectivity index (χ4v) is 5.49. The molecule has 0 aliphatic carbocycles. The van der Waals surface area contributed by atoms with Gasteiger partial charge in [-0.25, -0.2) is 4.79 Å². The van der Waals surface area contributed by atoms with Crippen molar-refractivity contribution in [3.8, 4) is 11.1 Å². The SMILES string of the molecule is Cc1ccc(-c2c(CN)c(CC(C)C)nc(C)c2C(=O)OC(c2ccncc2)(c2ccncc2)c2ccncc2)cc1. The van der Waals surface area contributed by atoms with Gasteiger partial charge in [0.05, 0.1) is 11.3 Å². The number of rotatable bonds is 9. The molecule has 0 bridgehead atoms. The van der Waals surface area contributed by atoms with Crippen LogP contribution < -0.4 is 5.73 Å². The first kappa shape index (κ1) is 28.8. The highest BCUT2D eigenvalue weighted by atomic mass is 16.6. The monoisotopic (exact) mass is 557 g/mol. The molecule has 0 aliphatic rings. The molecule has 5 rings (SSSR count). The predicted octanol–water partition coefficient (Wildman–Crippen LogP) is 6.36. The first-order valence-electron chi connectivity index (χ1n) is 14.1. The van der Waals surface area contributed by atoms with Gasteiger partial charge < -0.3 is 10.5 Å². The summed E-state index contributed by atoms with van der Waals surface area (Å²) in [6.45, 7) is 8.45. The molecule has 42 heavy (non-hydrogen) atoms. The van der Waals surface area contributed by atoms with E-state index in [0.29, 0.717) is 17.2 Å². The van der Waals surface area contributed by atoms with Gasteiger partial charge in [-0.3, -0.25) is 19.9 Å². The number of benzene rings is 1. The van der Waals surface area contributed by atoms with Crippen LogP contribution in [-0.4, -0.2) is 25.9 Å². The molecule has 0 aliphatic heterocycles. The standard InChI is InChI=1S/C35H35N5O2/c1-23(2)21-31-30(22-36)33(26-7-5-24(3)6-8-26)32(25(4)40-31)34(41)42-35(27-9-15-37-16-10-27,28-11-17-38-18-12-28)29-13-19-39-20-14-29/h5-20,23H,21-22,36H2,1-4H3. The Morgan fingerprint density at radius 2 is 1.26 bits per heavy atom. The van der Waals surface area contributed by atoms with Gasteiger partial charge in [0.25, 0.3) is 0 Å². The van der Waals surface area contributed by atoms with E-state index in [2.05, 4.69) is 28.8 Å². The number of hydrogen-bond donors (Lipinski definition) is 1. The number of nitrogens with two attached hydrogens (primary N) is 1. The van der Waals surface area contributed by atoms with Gasteiger partial charge in [-0.15, -0.1) is 0 Å². The second-order valence-electron chi connectivity index (χ2n) is 10.8. The number of aromatic nitrogens is 4. The Kier molecular flexibility index (Phi) is 8.50. The third-order valence-corrected chi connectivity index (χ3v) is 7.42. The molecule has 7 nitrogen and oxygen atoms in total. The first-order chi connectivity index (χ1) is 20.3. The number of carbonyl (C=O) groups excluding carboxylic acids is 1. The average Bonchev–Trinajstić information content (AvgIpc) is 3.01. The molecule has 0 saturated heterocycles. The summed E-state index contributed by atoms with van der Waals surface area (Å²) in [6, 6.07) is 19.3. The quantitative estimate of drug-likeness (QED) is 0.210. The third-order valence-electron chi connectivity index (χ3n) is 7.42. The Morgan fingerprint density at radius 1 is 0.786 bits per heavy atom. The van der Waals surface area contributed by atoms with E-state index in [1.165, 1.54) is 0 Å². The lowest BCUT2D eigenvalue weighted by atomic mass is 9.81. The molecule has 7 heteroatoms. The van der Waals surface area contributed by atoms with Crippen LogP contribution in [0.15, 0.2) is 97.8 Å². The van der Waals surface area contributed by atoms with Crippen LogP contribution in [0.5, 0.6) is 0 Å². The Labute approximate surface area is 246 Å². The highest BCUT2D eigenvalue weighted by Crippen LogP contribution is 2.42. The Hall–Kier alpha value is -4.75. The second kappa shape index (κ2) is 12.4. The summed E-state index contributed by atoms with van der Waals surface area (Å²) in [5.41, 5.74) is 12.8. The smallest absolute Gasteiger partial charge is 0.342 e. The largest absolute Gasteiger partial charge is 0.441 e. The van der Waals surface area contributed by atoms with Crippen molar-refractivity contribution < 1.29 is 9.53 Å². The van der Waals surface area contributed by atoms with Crippen LogP contribution in [0, 0.1) is 19.8 Å². The molecule has 0 radical (unpaired) electrons. The maximum Gasteiger partial charge on any atom is 0.342 e. The maximum atomic E-state index is 14.7. The van der Waals surface area contributed by atoms with Gasteiger partial charge in [0, 0.05) is 71.7 Å². The normalized spacial score (nSPS) is 11.5. The summed E-state index contributed by atoms with van der Waals surface area (Å²) in [4.78, 5) is 32.3. The van der Waals surface area contributed by atoms with Crippen LogP contribution >= 0.6 is 0 Å². The topological polar surface area (TPSA) is 104 Å². The molecule has 0 spiro atoms. The average molecular weight is 558 g/mol. The van der Waals surface area contributed by atoms with Crippen molar-refractivity contribution in [3.63, 3.8) is 0 Å². The van der Waals surface area contributed by atoms with Gasteiger partial charge in [0.15, 0.2) is 5.60 Å². The summed E-state index contributed by atoms with van der Waals surface area (Å²) >= 11 is 0. The minimum atomic E-state index is -1.32. The molecule has 5 aromatic rings. The van der Waals surface area contributed by atoms with Crippen LogP contribution in [0.2, 0.25) is 0 Å². The maximum absolute atomic E-state index is 14.7. The Balaban J connectivity index is 1.78. The molecule has 2 N–H and O–H groups in total. The highest BCUT2D eigenvalue weighted by Gasteiger charge is 2.42. The number of hydrogen-bond acceptors (Lipinski definition) is 7. The van der Waals surface area contributed by atoms with Crippen LogP contribution in [0.3, 0.4) is 0 Å². The summed E-state index contributed by atoms with van der Waals surface area (Å²) in [5.74, 6) is -0.143. The van der Waals surface area contributed by atoms with Crippen molar-refractivity contribution in [1.82, 2.24) is 19.9 Å². The molecule has 0 amide bonds. The van der Waals surface area contributed by atoms with E-state index in [-0.39, 0.29) is 6.54 Å². The molecule has 0 unspecified atom stereocenters. The van der Waals surface area contributed by atoms with Crippen molar-refractivity contribution in [1.29, 1.82) is 0 Å². The molecule has 4 aromatic heterocycles. The van der Waals surface area contributed by atoms with Crippen molar-refractivity contribution in [2.75, 3.05) is 0 Å². The Bertz CT molecular complexity index is 1560. The van der Waals surface area contributed by atoms with Crippen LogP contribution in [-0.2, 0) is 23.3 Å². The summed E-state index contributed by atoms with van der Waals surface area (Å²) < 4.78 is 6.77. The molecule has 1 aromatic carbocycles. The van der Waals surface area contributed by atoms with Crippen molar-refractivity contribution in [3.05, 3.63) is 143 Å². The molecular formula is C35H35N5O2. The zero-order chi connectivity index (χ0) is 29.7. The van der Waals surface area contributed by atoms with Gasteiger partial charge in [-0.05, 0) is 73.7 Å². The van der Waals surface area contributed by atoms with Gasteiger partial charge >= 0.3 is 5.97 Å². The fraction of sp³-hybridized carbons (Fsp3) is 0.229. The molecule has 212 valence electrons. The molecule has 4 heterocycles. The lowest BCUT2D eigenvalue weighted by Gasteiger charge is -2.35. The van der Waals surface area contributed by atoms with E-state index < -0.39 is 11.6 Å². The number of ether oxygens (including phenoxy) is 1. The van der Waals surface area contributed by atoms with Gasteiger partial charge in [0.2, 0.25) is 0 Å². The predicted molar refractivity (Wildman–Crippen MR) is 164 cm³/mol. The van der Waals surface area contributed by atoms with Gasteiger partial charge in [0.1, 0.15) is 0 Å². The van der Waals surface area contributed by atoms with Gasteiger partial charge in [-0.2, -0.15) is 0 Å². The number of nitrogens with zero attached hydrogens (tertiary/aromatic N) is 4. The van der Waals surface area contributed by atoms with E-state index in [9.17, 15) is 4.79 Å². The minimum Gasteiger partial charge on any atom is -0.441 e. The summed E-state index contributed by atoms with van der Waals surface area (Å²) in [7, 11) is 0. The molecular weight excluding hydrogens is 522 g/mol. The number of aryl methyl sites for hydroxylation is 2. The van der Waals surface area contributed by atoms with Crippen LogP contribution in [0.1, 0.15) is 63.4 Å². The zero-order valence-corrected chi connectivity index (χ0v) is 24.4. The van der Waals surface area contributed by atoms with E-state index in [4.69, 9.17) is 15.5 Å². The number of carbonyl (C=O) groups is 1. The molecule has 0 atom stereocenters. The highest BCUT2D eigenvalue weighted by molar-refractivity contribution is 6.00. The van der Waals surface area contributed by atoms with E-state index in [0.717, 1.165) is 51.1 Å². The Morgan fingerprint density at radius 3 is 1.69 bits per heavy atom. The fourth-order valence-electron chi connectivity index (χ4n) is 5.49. The van der Waals surface area contributed by atoms with E-state index in [1.54, 1.807) is 37.2 Å². The summed E-state index contributed by atoms with van der Waals surface area (Å²) in [6.07, 6.45) is 10.9. The van der Waals surface area contributed by atoms with E-state index in [1.807, 2.05) is 74.5 Å². The minimum absolute atomic E-state index is 0.239. The second-order valence-corrected chi connectivity index (χ2v) is 10.8. The number of esters is 1. The summed E-state index contributed by atoms with van der Waals surface area (Å²) in [5, 5.41) is 0. The third kappa shape index (κ3) is 5.56. The van der Waals surface area contributed by atoms with E-state index >= 15 is 0 Å². The van der Waals surface area contributed by atoms with Crippen molar-refractivity contribution >= 4 is 5.97 Å². The lowest BCUT2D eigenvalue weighted by molar-refractivity contribution is 0.0140. The van der Waals surface area contributed by atoms with Gasteiger partial charge in [-0.1, -0.05) is 43.7 Å². The van der Waals surface area contributed by atoms with Crippen molar-refractivity contribution in [2.24, 2.45) is 11.7 Å². The van der Waals surface area contributed by atoms with Crippen LogP contribution in [0.4, 0.5) is 0 Å². The van der Waals surface area contributed by atoms with Crippen LogP contribution in [0.25, 0.3) is 11.1 Å². The molecule has 0 saturated carbocycles.